The molecule has 69 heavy (non-hydrogen) atoms. The average Bonchev–Trinajstić information content (AvgIpc) is 3.98. The first-order valence-corrected chi connectivity index (χ1v) is 24.9. The number of aliphatic hydroxyl groups is 2. The summed E-state index contributed by atoms with van der Waals surface area (Å²) < 4.78 is 0. The van der Waals surface area contributed by atoms with Crippen LogP contribution in [0.3, 0.4) is 0 Å². The molecule has 0 aromatic heterocycles. The SMILES string of the molecule is CC(=O)N[C@H]1CSSC[C@@H](C(N)=O)NC(=O)C(CCC(N)=O)NC(=O)[C@@H]2CCCN2C(=O)[C@@H]2CCCN2C(=O)C(CC(N)=O)NC(=O)[C@H](CO)NC(=O)C(CCCCN)NC(=O)[C@H]([C@@H](C)O)NC1=O. The molecular weight excluding hydrogens is 951 g/mol. The maximum absolute atomic E-state index is 14.2. The monoisotopic (exact) mass is 1020 g/mol. The van der Waals surface area contributed by atoms with E-state index in [4.69, 9.17) is 22.9 Å². The van der Waals surface area contributed by atoms with Crippen molar-refractivity contribution in [3.63, 3.8) is 0 Å². The fourth-order valence-electron chi connectivity index (χ4n) is 7.76. The van der Waals surface area contributed by atoms with Crippen LogP contribution >= 0.6 is 21.6 Å². The van der Waals surface area contributed by atoms with Crippen molar-refractivity contribution < 1.29 is 67.7 Å². The largest absolute Gasteiger partial charge is 0.394 e. The number of nitrogens with zero attached hydrogens (tertiary/aromatic N) is 2. The maximum atomic E-state index is 14.2. The van der Waals surface area contributed by atoms with E-state index in [0.717, 1.165) is 40.3 Å². The zero-order valence-corrected chi connectivity index (χ0v) is 40.0. The van der Waals surface area contributed by atoms with Crippen molar-refractivity contribution >= 4 is 92.5 Å². The topological polar surface area (TPSA) is 440 Å². The minimum atomic E-state index is -1.79. The molecule has 3 rings (SSSR count). The highest BCUT2D eigenvalue weighted by atomic mass is 33.1. The summed E-state index contributed by atoms with van der Waals surface area (Å²) in [7, 11) is 1.88. The number of carbonyl (C=O) groups is 12. The molecule has 3 aliphatic rings. The first-order chi connectivity index (χ1) is 32.6. The third-order valence-corrected chi connectivity index (χ3v) is 13.8. The van der Waals surface area contributed by atoms with Gasteiger partial charge in [0.1, 0.15) is 54.4 Å². The van der Waals surface area contributed by atoms with Crippen LogP contribution in [-0.4, -0.2) is 189 Å². The Labute approximate surface area is 405 Å². The summed E-state index contributed by atoms with van der Waals surface area (Å²) in [4.78, 5) is 162. The smallest absolute Gasteiger partial charge is 0.246 e. The quantitative estimate of drug-likeness (QED) is 0.0602. The van der Waals surface area contributed by atoms with Crippen molar-refractivity contribution in [1.82, 2.24) is 47.0 Å². The molecule has 0 aromatic carbocycles. The van der Waals surface area contributed by atoms with Crippen LogP contribution in [0.5, 0.6) is 0 Å². The Morgan fingerprint density at radius 3 is 1.81 bits per heavy atom. The zero-order chi connectivity index (χ0) is 51.5. The van der Waals surface area contributed by atoms with Crippen molar-refractivity contribution in [2.24, 2.45) is 22.9 Å². The Hall–Kier alpha value is -5.78. The molecular formula is C40H65N13O14S2. The highest BCUT2D eigenvalue weighted by molar-refractivity contribution is 8.76. The number of hydrogen-bond acceptors (Lipinski definition) is 17. The van der Waals surface area contributed by atoms with Crippen LogP contribution in [0.1, 0.15) is 78.1 Å². The second-order valence-electron chi connectivity index (χ2n) is 16.8. The highest BCUT2D eigenvalue weighted by Crippen LogP contribution is 2.27. The lowest BCUT2D eigenvalue weighted by atomic mass is 10.1. The van der Waals surface area contributed by atoms with E-state index in [1.165, 1.54) is 4.90 Å². The fourth-order valence-corrected chi connectivity index (χ4v) is 10.1. The van der Waals surface area contributed by atoms with Gasteiger partial charge in [-0.2, -0.15) is 0 Å². The van der Waals surface area contributed by atoms with E-state index in [0.29, 0.717) is 19.3 Å². The van der Waals surface area contributed by atoms with Gasteiger partial charge >= 0.3 is 0 Å². The minimum Gasteiger partial charge on any atom is -0.394 e. The molecule has 17 N–H and O–H groups in total. The van der Waals surface area contributed by atoms with E-state index in [9.17, 15) is 67.7 Å². The Balaban J connectivity index is 2.07. The first-order valence-electron chi connectivity index (χ1n) is 22.4. The predicted octanol–water partition coefficient (Wildman–Crippen LogP) is -7.09. The Morgan fingerprint density at radius 1 is 0.681 bits per heavy atom. The summed E-state index contributed by atoms with van der Waals surface area (Å²) in [5.74, 6) is -11.5. The average molecular weight is 1020 g/mol. The van der Waals surface area contributed by atoms with Gasteiger partial charge in [0, 0.05) is 37.9 Å². The van der Waals surface area contributed by atoms with Crippen molar-refractivity contribution in [3.8, 4) is 0 Å². The van der Waals surface area contributed by atoms with Gasteiger partial charge in [0.25, 0.3) is 0 Å². The van der Waals surface area contributed by atoms with Gasteiger partial charge in [0.15, 0.2) is 0 Å². The van der Waals surface area contributed by atoms with Crippen LogP contribution in [0.4, 0.5) is 0 Å². The van der Waals surface area contributed by atoms with Gasteiger partial charge in [-0.05, 0) is 64.8 Å². The van der Waals surface area contributed by atoms with E-state index in [1.54, 1.807) is 0 Å². The van der Waals surface area contributed by atoms with Crippen molar-refractivity contribution in [1.29, 1.82) is 0 Å². The number of nitrogens with one attached hydrogen (secondary N) is 7. The molecule has 3 saturated heterocycles. The van der Waals surface area contributed by atoms with Gasteiger partial charge in [0.05, 0.1) is 19.1 Å². The number of carbonyl (C=O) groups excluding carboxylic acids is 12. The summed E-state index contributed by atoms with van der Waals surface area (Å²) >= 11 is 0. The van der Waals surface area contributed by atoms with Crippen LogP contribution in [-0.2, 0) is 57.5 Å². The van der Waals surface area contributed by atoms with Crippen LogP contribution in [0.15, 0.2) is 0 Å². The summed E-state index contributed by atoms with van der Waals surface area (Å²) in [6.07, 6.45) is -1.69. The molecule has 0 radical (unpaired) electrons. The van der Waals surface area contributed by atoms with E-state index in [1.807, 2.05) is 0 Å². The zero-order valence-electron chi connectivity index (χ0n) is 38.4. The van der Waals surface area contributed by atoms with Gasteiger partial charge in [0.2, 0.25) is 70.9 Å². The summed E-state index contributed by atoms with van der Waals surface area (Å²) in [5.41, 5.74) is 22.1. The number of nitrogens with two attached hydrogens (primary N) is 4. The molecule has 12 amide bonds. The lowest BCUT2D eigenvalue weighted by molar-refractivity contribution is -0.148. The number of rotatable bonds is 13. The molecule has 386 valence electrons. The van der Waals surface area contributed by atoms with E-state index in [2.05, 4.69) is 37.2 Å². The lowest BCUT2D eigenvalue weighted by Crippen LogP contribution is -2.62. The van der Waals surface area contributed by atoms with Gasteiger partial charge in [-0.15, -0.1) is 0 Å². The molecule has 3 unspecified atom stereocenters. The molecule has 0 aromatic rings. The Morgan fingerprint density at radius 2 is 1.23 bits per heavy atom. The maximum Gasteiger partial charge on any atom is 0.246 e. The standard InChI is InChI=1S/C40H65N13O14S2/c1-19(55)31-38(65)47-21(7-3-4-12-41)33(60)49-24(16-54)35(62)48-23(15-30(43)58)39(66)53-14-6-9-28(53)40(67)52-13-5-8-27(52)37(64)46-22(10-11-29(42)57)34(61)50-25(32(44)59)17-68-69-18-26(36(63)51-31)45-20(2)56/h19,21-28,31,54-55H,3-18,41H2,1-2H3,(H2,42,57)(H2,43,58)(H2,44,59)(H,45,56)(H,46,64)(H,47,65)(H,48,62)(H,49,60)(H,50,61)(H,51,63)/t19-,21?,22?,23?,24+,25+,26+,27+,28+,31+/m1/s1. The minimum absolute atomic E-state index is 0.0234. The molecule has 0 aliphatic carbocycles. The summed E-state index contributed by atoms with van der Waals surface area (Å²) in [6.45, 7) is 1.46. The van der Waals surface area contributed by atoms with Crippen LogP contribution < -0.4 is 60.2 Å². The van der Waals surface area contributed by atoms with Crippen LogP contribution in [0, 0.1) is 0 Å². The number of primary amides is 3. The third kappa shape index (κ3) is 17.6. The van der Waals surface area contributed by atoms with Crippen molar-refractivity contribution in [2.45, 2.75) is 139 Å². The molecule has 3 aliphatic heterocycles. The van der Waals surface area contributed by atoms with E-state index >= 15 is 0 Å². The third-order valence-electron chi connectivity index (χ3n) is 11.4. The first kappa shape index (κ1) is 57.5. The number of aliphatic hydroxyl groups excluding tert-OH is 2. The summed E-state index contributed by atoms with van der Waals surface area (Å²) in [5, 5.41) is 37.7. The second kappa shape index (κ2) is 28.0. The molecule has 3 fully saturated rings. The number of hydrogen-bond donors (Lipinski definition) is 13. The lowest BCUT2D eigenvalue weighted by Gasteiger charge is -2.33. The summed E-state index contributed by atoms with van der Waals surface area (Å²) in [6, 6.07) is -13.3. The number of unbranched alkanes of at least 4 members (excludes halogenated alkanes) is 1. The molecule has 3 heterocycles. The second-order valence-corrected chi connectivity index (χ2v) is 19.3. The molecule has 27 nitrogen and oxygen atoms in total. The number of amides is 12. The molecule has 0 saturated carbocycles. The highest BCUT2D eigenvalue weighted by Gasteiger charge is 2.45. The normalized spacial score (nSPS) is 28.2. The van der Waals surface area contributed by atoms with E-state index in [-0.39, 0.29) is 69.7 Å². The predicted molar refractivity (Wildman–Crippen MR) is 247 cm³/mol. The van der Waals surface area contributed by atoms with Crippen molar-refractivity contribution in [2.75, 3.05) is 37.7 Å². The molecule has 0 bridgehead atoms. The molecule has 29 heteroatoms. The van der Waals surface area contributed by atoms with Gasteiger partial charge in [-0.25, -0.2) is 0 Å². The van der Waals surface area contributed by atoms with E-state index < -0.39 is 144 Å². The molecule has 10 atom stereocenters. The Bertz CT molecular complexity index is 1930. The van der Waals surface area contributed by atoms with Crippen LogP contribution in [0.25, 0.3) is 0 Å². The van der Waals surface area contributed by atoms with Gasteiger partial charge in [-0.1, -0.05) is 21.6 Å². The van der Waals surface area contributed by atoms with Gasteiger partial charge < -0.3 is 80.2 Å². The van der Waals surface area contributed by atoms with Crippen LogP contribution in [0.2, 0.25) is 0 Å². The number of fused-ring (bicyclic) bond motifs is 2. The Kier molecular flexibility index (Phi) is 23.4. The fraction of sp³-hybridized carbons (Fsp3) is 0.700. The molecule has 0 spiro atoms. The van der Waals surface area contributed by atoms with Crippen molar-refractivity contribution in [3.05, 3.63) is 0 Å². The van der Waals surface area contributed by atoms with Gasteiger partial charge in [-0.3, -0.25) is 57.5 Å².